The van der Waals surface area contributed by atoms with Crippen LogP contribution in [-0.2, 0) is 9.59 Å². The average molecular weight is 365 g/mol. The lowest BCUT2D eigenvalue weighted by atomic mass is 10.1. The first-order chi connectivity index (χ1) is 11.3. The zero-order valence-corrected chi connectivity index (χ0v) is 14.9. The molecule has 1 aromatic rings. The maximum Gasteiger partial charge on any atom is 0.265 e. The number of hydrogen-bond donors (Lipinski definition) is 1. The number of ether oxygens (including phenoxy) is 1. The van der Waals surface area contributed by atoms with Crippen molar-refractivity contribution in [3.8, 4) is 5.75 Å². The summed E-state index contributed by atoms with van der Waals surface area (Å²) in [6.45, 7) is 7.59. The van der Waals surface area contributed by atoms with E-state index in [2.05, 4.69) is 11.9 Å². The number of nitrogens with one attached hydrogen (secondary N) is 1. The number of carbonyl (C=O) groups is 2. The van der Waals surface area contributed by atoms with E-state index in [1.54, 1.807) is 18.2 Å². The Morgan fingerprint density at radius 1 is 1.42 bits per heavy atom. The first-order valence-corrected chi connectivity index (χ1v) is 8.08. The number of carbonyl (C=O) groups excluding carboxylic acids is 2. The number of halogens is 1. The molecule has 0 aliphatic carbocycles. The second-order valence-electron chi connectivity index (χ2n) is 5.38. The molecule has 0 spiro atoms. The summed E-state index contributed by atoms with van der Waals surface area (Å²) < 4.78 is 5.56. The Morgan fingerprint density at radius 3 is 2.71 bits per heavy atom. The molecular weight excluding hydrogens is 348 g/mol. The Labute approximate surface area is 150 Å². The van der Waals surface area contributed by atoms with Crippen molar-refractivity contribution in [2.45, 2.75) is 20.0 Å². The average Bonchev–Trinajstić information content (AvgIpc) is 2.50. The molecule has 0 aromatic heterocycles. The van der Waals surface area contributed by atoms with Gasteiger partial charge in [-0.2, -0.15) is 0 Å². The van der Waals surface area contributed by atoms with Crippen molar-refractivity contribution < 1.29 is 14.3 Å². The molecule has 7 heteroatoms. The molecule has 1 aromatic carbocycles. The molecule has 1 heterocycles. The van der Waals surface area contributed by atoms with Gasteiger partial charge in [-0.15, -0.1) is 6.58 Å². The van der Waals surface area contributed by atoms with Crippen LogP contribution in [0.2, 0.25) is 5.02 Å². The van der Waals surface area contributed by atoms with Crippen LogP contribution in [0.4, 0.5) is 0 Å². The van der Waals surface area contributed by atoms with Crippen LogP contribution in [0.3, 0.4) is 0 Å². The Balaban J connectivity index is 2.33. The van der Waals surface area contributed by atoms with Crippen molar-refractivity contribution in [3.63, 3.8) is 0 Å². The molecule has 0 saturated carbocycles. The van der Waals surface area contributed by atoms with Gasteiger partial charge in [0.1, 0.15) is 11.3 Å². The Hall–Kier alpha value is -2.18. The van der Waals surface area contributed by atoms with Crippen molar-refractivity contribution in [1.82, 2.24) is 10.2 Å². The van der Waals surface area contributed by atoms with Crippen molar-refractivity contribution >= 4 is 46.8 Å². The van der Waals surface area contributed by atoms with Crippen LogP contribution < -0.4 is 10.1 Å². The molecule has 1 saturated heterocycles. The van der Waals surface area contributed by atoms with Crippen LogP contribution >= 0.6 is 23.8 Å². The quantitative estimate of drug-likeness (QED) is 0.378. The SMILES string of the molecule is C=CCN1C(=O)C(=Cc2ccc(OC(C)C)c(Cl)c2)C(=O)NC1=S. The van der Waals surface area contributed by atoms with E-state index in [-0.39, 0.29) is 23.3 Å². The lowest BCUT2D eigenvalue weighted by Crippen LogP contribution is -2.53. The second kappa shape index (κ2) is 7.59. The fraction of sp³-hybridized carbons (Fsp3) is 0.235. The second-order valence-corrected chi connectivity index (χ2v) is 6.17. The number of benzene rings is 1. The highest BCUT2D eigenvalue weighted by atomic mass is 35.5. The summed E-state index contributed by atoms with van der Waals surface area (Å²) in [5.74, 6) is -0.464. The summed E-state index contributed by atoms with van der Waals surface area (Å²) in [6.07, 6.45) is 3.00. The molecule has 0 bridgehead atoms. The third kappa shape index (κ3) is 4.01. The number of nitrogens with zero attached hydrogens (tertiary/aromatic N) is 1. The van der Waals surface area contributed by atoms with E-state index < -0.39 is 11.8 Å². The highest BCUT2D eigenvalue weighted by molar-refractivity contribution is 7.80. The molecule has 2 rings (SSSR count). The van der Waals surface area contributed by atoms with Gasteiger partial charge in [-0.05, 0) is 49.8 Å². The van der Waals surface area contributed by atoms with Gasteiger partial charge in [-0.25, -0.2) is 0 Å². The molecule has 0 radical (unpaired) electrons. The van der Waals surface area contributed by atoms with Crippen LogP contribution in [0.1, 0.15) is 19.4 Å². The predicted molar refractivity (Wildman–Crippen MR) is 97.8 cm³/mol. The normalized spacial score (nSPS) is 16.6. The van der Waals surface area contributed by atoms with Crippen molar-refractivity contribution in [1.29, 1.82) is 0 Å². The predicted octanol–water partition coefficient (Wildman–Crippen LogP) is 2.94. The first-order valence-electron chi connectivity index (χ1n) is 7.29. The van der Waals surface area contributed by atoms with Crippen LogP contribution in [0.25, 0.3) is 6.08 Å². The first kappa shape index (κ1) is 18.2. The smallest absolute Gasteiger partial charge is 0.265 e. The van der Waals surface area contributed by atoms with Gasteiger partial charge in [0.05, 0.1) is 11.1 Å². The number of thiocarbonyl (C=S) groups is 1. The standard InChI is InChI=1S/C17H17ClN2O3S/c1-4-7-20-16(22)12(15(21)19-17(20)24)8-11-5-6-14(13(18)9-11)23-10(2)3/h4-6,8-10H,1,7H2,2-3H3,(H,19,21,24). The number of hydrogen-bond acceptors (Lipinski definition) is 4. The molecular formula is C17H17ClN2O3S. The zero-order chi connectivity index (χ0) is 17.9. The summed E-state index contributed by atoms with van der Waals surface area (Å²) in [4.78, 5) is 25.8. The maximum atomic E-state index is 12.4. The molecule has 5 nitrogen and oxygen atoms in total. The van der Waals surface area contributed by atoms with E-state index in [0.29, 0.717) is 16.3 Å². The van der Waals surface area contributed by atoms with Crippen molar-refractivity contribution in [2.75, 3.05) is 6.54 Å². The minimum atomic E-state index is -0.538. The lowest BCUT2D eigenvalue weighted by molar-refractivity contribution is -0.128. The van der Waals surface area contributed by atoms with E-state index in [9.17, 15) is 9.59 Å². The third-order valence-electron chi connectivity index (χ3n) is 3.13. The van der Waals surface area contributed by atoms with E-state index in [0.717, 1.165) is 0 Å². The molecule has 1 aliphatic rings. The topological polar surface area (TPSA) is 58.6 Å². The molecule has 1 N–H and O–H groups in total. The summed E-state index contributed by atoms with van der Waals surface area (Å²) >= 11 is 11.2. The third-order valence-corrected chi connectivity index (χ3v) is 3.74. The van der Waals surface area contributed by atoms with Gasteiger partial charge >= 0.3 is 0 Å². The summed E-state index contributed by atoms with van der Waals surface area (Å²) in [6, 6.07) is 5.06. The molecule has 0 unspecified atom stereocenters. The molecule has 0 atom stereocenters. The number of rotatable bonds is 5. The molecule has 1 fully saturated rings. The van der Waals surface area contributed by atoms with Gasteiger partial charge in [0, 0.05) is 6.54 Å². The highest BCUT2D eigenvalue weighted by Crippen LogP contribution is 2.27. The highest BCUT2D eigenvalue weighted by Gasteiger charge is 2.32. The fourth-order valence-corrected chi connectivity index (χ4v) is 2.60. The molecule has 2 amide bonds. The van der Waals surface area contributed by atoms with Crippen LogP contribution in [0, 0.1) is 0 Å². The Bertz CT molecular complexity index is 743. The van der Waals surface area contributed by atoms with Gasteiger partial charge in [0.2, 0.25) is 0 Å². The largest absolute Gasteiger partial charge is 0.489 e. The minimum Gasteiger partial charge on any atom is -0.489 e. The lowest BCUT2D eigenvalue weighted by Gasteiger charge is -2.27. The molecule has 1 aliphatic heterocycles. The Kier molecular flexibility index (Phi) is 5.75. The van der Waals surface area contributed by atoms with E-state index in [1.165, 1.54) is 17.1 Å². The minimum absolute atomic E-state index is 0.00845. The van der Waals surface area contributed by atoms with E-state index in [1.807, 2.05) is 13.8 Å². The van der Waals surface area contributed by atoms with E-state index >= 15 is 0 Å². The molecule has 24 heavy (non-hydrogen) atoms. The number of amides is 2. The monoisotopic (exact) mass is 364 g/mol. The van der Waals surface area contributed by atoms with Gasteiger partial charge in [0.15, 0.2) is 5.11 Å². The van der Waals surface area contributed by atoms with Crippen LogP contribution in [-0.4, -0.2) is 34.5 Å². The molecule has 126 valence electrons. The summed E-state index contributed by atoms with van der Waals surface area (Å²) in [7, 11) is 0. The summed E-state index contributed by atoms with van der Waals surface area (Å²) in [5, 5.41) is 2.96. The zero-order valence-electron chi connectivity index (χ0n) is 13.3. The Morgan fingerprint density at radius 2 is 2.12 bits per heavy atom. The van der Waals surface area contributed by atoms with Crippen molar-refractivity contribution in [3.05, 3.63) is 47.0 Å². The van der Waals surface area contributed by atoms with Gasteiger partial charge < -0.3 is 4.74 Å². The van der Waals surface area contributed by atoms with Gasteiger partial charge in [-0.1, -0.05) is 23.7 Å². The van der Waals surface area contributed by atoms with Crippen molar-refractivity contribution in [2.24, 2.45) is 0 Å². The maximum absolute atomic E-state index is 12.4. The van der Waals surface area contributed by atoms with Gasteiger partial charge in [0.25, 0.3) is 11.8 Å². The van der Waals surface area contributed by atoms with Crippen LogP contribution in [0.5, 0.6) is 5.75 Å². The van der Waals surface area contributed by atoms with Gasteiger partial charge in [-0.3, -0.25) is 19.8 Å². The van der Waals surface area contributed by atoms with Crippen LogP contribution in [0.15, 0.2) is 36.4 Å². The fourth-order valence-electron chi connectivity index (χ4n) is 2.11. The summed E-state index contributed by atoms with van der Waals surface area (Å²) in [5.41, 5.74) is 0.597. The van der Waals surface area contributed by atoms with E-state index in [4.69, 9.17) is 28.6 Å².